The van der Waals surface area contributed by atoms with E-state index in [9.17, 15) is 13.2 Å². The number of hydrazone groups is 1. The Balaban J connectivity index is 1.70. The molecule has 0 aliphatic carbocycles. The maximum absolute atomic E-state index is 12.6. The van der Waals surface area contributed by atoms with Crippen molar-refractivity contribution in [1.29, 1.82) is 0 Å². The number of amides is 1. The van der Waals surface area contributed by atoms with E-state index < -0.39 is 15.9 Å². The van der Waals surface area contributed by atoms with Gasteiger partial charge in [0.1, 0.15) is 5.75 Å². The van der Waals surface area contributed by atoms with Crippen molar-refractivity contribution < 1.29 is 17.9 Å². The Morgan fingerprint density at radius 3 is 2.17 bits per heavy atom. The van der Waals surface area contributed by atoms with Gasteiger partial charge in [0.25, 0.3) is 5.91 Å². The maximum atomic E-state index is 12.6. The second-order valence-electron chi connectivity index (χ2n) is 6.72. The van der Waals surface area contributed by atoms with Gasteiger partial charge in [-0.3, -0.25) is 4.79 Å². The van der Waals surface area contributed by atoms with Crippen LogP contribution in [0, 0.1) is 0 Å². The first-order valence-corrected chi connectivity index (χ1v) is 11.0. The molecule has 2 aromatic carbocycles. The summed E-state index contributed by atoms with van der Waals surface area (Å²) in [4.78, 5) is 12.6. The third-order valence-electron chi connectivity index (χ3n) is 4.87. The highest BCUT2D eigenvalue weighted by Crippen LogP contribution is 2.21. The summed E-state index contributed by atoms with van der Waals surface area (Å²) in [6.07, 6.45) is 2.40. The third kappa shape index (κ3) is 4.83. The SMILES string of the molecule is CC/C(=N/NC(=O)c1ccc(S(=O)(=O)N2CCCC2)cc1)c1ccc(OC)cc1. The minimum Gasteiger partial charge on any atom is -0.497 e. The van der Waals surface area contributed by atoms with E-state index in [2.05, 4.69) is 10.5 Å². The van der Waals surface area contributed by atoms with Crippen molar-refractivity contribution >= 4 is 21.6 Å². The second-order valence-corrected chi connectivity index (χ2v) is 8.65. The maximum Gasteiger partial charge on any atom is 0.271 e. The van der Waals surface area contributed by atoms with Crippen molar-refractivity contribution in [2.45, 2.75) is 31.1 Å². The van der Waals surface area contributed by atoms with E-state index in [0.29, 0.717) is 25.1 Å². The Morgan fingerprint density at radius 1 is 1.03 bits per heavy atom. The summed E-state index contributed by atoms with van der Waals surface area (Å²) in [5, 5.41) is 4.23. The van der Waals surface area contributed by atoms with Crippen molar-refractivity contribution in [1.82, 2.24) is 9.73 Å². The summed E-state index contributed by atoms with van der Waals surface area (Å²) in [7, 11) is -1.89. The summed E-state index contributed by atoms with van der Waals surface area (Å²) in [5.41, 5.74) is 4.52. The van der Waals surface area contributed by atoms with Crippen molar-refractivity contribution in [2.75, 3.05) is 20.2 Å². The molecular formula is C21H25N3O4S. The van der Waals surface area contributed by atoms with Crippen LogP contribution in [0.4, 0.5) is 0 Å². The number of benzene rings is 2. The van der Waals surface area contributed by atoms with Gasteiger partial charge in [-0.05, 0) is 73.4 Å². The van der Waals surface area contributed by atoms with Gasteiger partial charge in [0.2, 0.25) is 10.0 Å². The molecule has 1 saturated heterocycles. The quantitative estimate of drug-likeness (QED) is 0.556. The van der Waals surface area contributed by atoms with Gasteiger partial charge in [-0.25, -0.2) is 13.8 Å². The monoisotopic (exact) mass is 415 g/mol. The van der Waals surface area contributed by atoms with E-state index in [0.717, 1.165) is 29.9 Å². The van der Waals surface area contributed by atoms with Crippen LogP contribution in [0.15, 0.2) is 58.5 Å². The lowest BCUT2D eigenvalue weighted by Gasteiger charge is -2.15. The summed E-state index contributed by atoms with van der Waals surface area (Å²) in [6.45, 7) is 3.04. The number of nitrogens with zero attached hydrogens (tertiary/aromatic N) is 2. The average Bonchev–Trinajstić information content (AvgIpc) is 3.30. The highest BCUT2D eigenvalue weighted by molar-refractivity contribution is 7.89. The van der Waals surface area contributed by atoms with Crippen LogP contribution in [0.2, 0.25) is 0 Å². The largest absolute Gasteiger partial charge is 0.497 e. The minimum atomic E-state index is -3.49. The highest BCUT2D eigenvalue weighted by Gasteiger charge is 2.27. The van der Waals surface area contributed by atoms with Crippen molar-refractivity contribution in [3.05, 3.63) is 59.7 Å². The lowest BCUT2D eigenvalue weighted by atomic mass is 10.1. The minimum absolute atomic E-state index is 0.201. The molecule has 0 saturated carbocycles. The number of rotatable bonds is 7. The average molecular weight is 416 g/mol. The molecule has 1 heterocycles. The summed E-state index contributed by atoms with van der Waals surface area (Å²) in [6, 6.07) is 13.4. The standard InChI is InChI=1S/C21H25N3O4S/c1-3-20(16-6-10-18(28-2)11-7-16)22-23-21(25)17-8-12-19(13-9-17)29(26,27)24-14-4-5-15-24/h6-13H,3-5,14-15H2,1-2H3,(H,23,25)/b22-20-. The summed E-state index contributed by atoms with van der Waals surface area (Å²) in [5.74, 6) is 0.354. The van der Waals surface area contributed by atoms with Crippen LogP contribution in [-0.4, -0.2) is 44.5 Å². The van der Waals surface area contributed by atoms with E-state index in [-0.39, 0.29) is 4.90 Å². The smallest absolute Gasteiger partial charge is 0.271 e. The van der Waals surface area contributed by atoms with Crippen LogP contribution in [0.3, 0.4) is 0 Å². The molecule has 0 aromatic heterocycles. The number of carbonyl (C=O) groups is 1. The van der Waals surface area contributed by atoms with Gasteiger partial charge in [-0.15, -0.1) is 0 Å². The number of carbonyl (C=O) groups excluding carboxylic acids is 1. The number of methoxy groups -OCH3 is 1. The molecule has 1 fully saturated rings. The molecule has 1 aliphatic heterocycles. The normalized spacial score (nSPS) is 15.3. The predicted octanol–water partition coefficient (Wildman–Crippen LogP) is 3.02. The molecule has 29 heavy (non-hydrogen) atoms. The topological polar surface area (TPSA) is 88.1 Å². The molecule has 154 valence electrons. The van der Waals surface area contributed by atoms with Gasteiger partial charge < -0.3 is 4.74 Å². The van der Waals surface area contributed by atoms with E-state index in [4.69, 9.17) is 4.74 Å². The molecule has 1 amide bonds. The molecule has 0 spiro atoms. The molecule has 1 N–H and O–H groups in total. The van der Waals surface area contributed by atoms with Crippen LogP contribution in [0.25, 0.3) is 0 Å². The van der Waals surface area contributed by atoms with E-state index in [1.807, 2.05) is 31.2 Å². The van der Waals surface area contributed by atoms with Gasteiger partial charge in [0, 0.05) is 18.7 Å². The lowest BCUT2D eigenvalue weighted by Crippen LogP contribution is -2.28. The Labute approximate surface area is 171 Å². The number of hydrogen-bond donors (Lipinski definition) is 1. The molecule has 3 rings (SSSR count). The second kappa shape index (κ2) is 9.19. The van der Waals surface area contributed by atoms with Crippen LogP contribution >= 0.6 is 0 Å². The van der Waals surface area contributed by atoms with Crippen molar-refractivity contribution in [3.63, 3.8) is 0 Å². The Hall–Kier alpha value is -2.71. The molecule has 7 nitrogen and oxygen atoms in total. The predicted molar refractivity (Wildman–Crippen MR) is 112 cm³/mol. The van der Waals surface area contributed by atoms with E-state index in [1.54, 1.807) is 7.11 Å². The third-order valence-corrected chi connectivity index (χ3v) is 6.78. The zero-order valence-corrected chi connectivity index (χ0v) is 17.4. The van der Waals surface area contributed by atoms with Crippen LogP contribution in [0.1, 0.15) is 42.1 Å². The van der Waals surface area contributed by atoms with Crippen LogP contribution in [0.5, 0.6) is 5.75 Å². The van der Waals surface area contributed by atoms with E-state index in [1.165, 1.54) is 28.6 Å². The Bertz CT molecular complexity index is 978. The first-order chi connectivity index (χ1) is 14.0. The summed E-state index contributed by atoms with van der Waals surface area (Å²) < 4.78 is 31.8. The van der Waals surface area contributed by atoms with Crippen molar-refractivity contribution in [2.24, 2.45) is 5.10 Å². The molecule has 0 atom stereocenters. The fourth-order valence-electron chi connectivity index (χ4n) is 3.17. The van der Waals surface area contributed by atoms with Crippen molar-refractivity contribution in [3.8, 4) is 5.75 Å². The number of nitrogens with one attached hydrogen (secondary N) is 1. The first-order valence-electron chi connectivity index (χ1n) is 9.57. The van der Waals surface area contributed by atoms with Crippen LogP contribution in [-0.2, 0) is 10.0 Å². The van der Waals surface area contributed by atoms with Gasteiger partial charge in [-0.1, -0.05) is 6.92 Å². The molecule has 8 heteroatoms. The Kier molecular flexibility index (Phi) is 6.66. The zero-order chi connectivity index (χ0) is 20.9. The lowest BCUT2D eigenvalue weighted by molar-refractivity contribution is 0.0954. The first kappa shape index (κ1) is 21.0. The highest BCUT2D eigenvalue weighted by atomic mass is 32.2. The van der Waals surface area contributed by atoms with Gasteiger partial charge in [-0.2, -0.15) is 9.41 Å². The molecule has 0 radical (unpaired) electrons. The zero-order valence-electron chi connectivity index (χ0n) is 16.6. The fraction of sp³-hybridized carbons (Fsp3) is 0.333. The number of ether oxygens (including phenoxy) is 1. The molecule has 0 bridgehead atoms. The summed E-state index contributed by atoms with van der Waals surface area (Å²) >= 11 is 0. The Morgan fingerprint density at radius 2 is 1.62 bits per heavy atom. The molecule has 1 aliphatic rings. The molecule has 0 unspecified atom stereocenters. The van der Waals surface area contributed by atoms with Crippen LogP contribution < -0.4 is 10.2 Å². The van der Waals surface area contributed by atoms with Gasteiger partial charge >= 0.3 is 0 Å². The number of hydrogen-bond acceptors (Lipinski definition) is 5. The molecular weight excluding hydrogens is 390 g/mol. The van der Waals surface area contributed by atoms with E-state index >= 15 is 0 Å². The molecule has 2 aromatic rings. The van der Waals surface area contributed by atoms with Gasteiger partial charge in [0.15, 0.2) is 0 Å². The van der Waals surface area contributed by atoms with Gasteiger partial charge in [0.05, 0.1) is 17.7 Å². The number of sulfonamides is 1. The fourth-order valence-corrected chi connectivity index (χ4v) is 4.69.